The van der Waals surface area contributed by atoms with Crippen molar-refractivity contribution in [2.24, 2.45) is 5.10 Å². The van der Waals surface area contributed by atoms with Crippen molar-refractivity contribution in [3.05, 3.63) is 30.1 Å². The summed E-state index contributed by atoms with van der Waals surface area (Å²) < 4.78 is 0. The maximum Gasteiger partial charge on any atom is 0.189 e. The minimum absolute atomic E-state index is 0.572. The molecule has 1 aromatic rings. The summed E-state index contributed by atoms with van der Waals surface area (Å²) in [6.07, 6.45) is 5.18. The van der Waals surface area contributed by atoms with Crippen molar-refractivity contribution in [3.63, 3.8) is 0 Å². The van der Waals surface area contributed by atoms with Gasteiger partial charge in [-0.2, -0.15) is 5.10 Å². The van der Waals surface area contributed by atoms with E-state index in [1.54, 1.807) is 17.3 Å². The lowest BCUT2D eigenvalue weighted by atomic mass is 10.1. The Hall–Kier alpha value is -1.20. The molecule has 0 aliphatic rings. The summed E-state index contributed by atoms with van der Waals surface area (Å²) in [7, 11) is 3.74. The first-order chi connectivity index (χ1) is 8.65. The van der Waals surface area contributed by atoms with Crippen LogP contribution >= 0.6 is 23.8 Å². The first-order valence-electron chi connectivity index (χ1n) is 5.65. The van der Waals surface area contributed by atoms with E-state index in [2.05, 4.69) is 15.5 Å². The Kier molecular flexibility index (Phi) is 6.60. The van der Waals surface area contributed by atoms with E-state index in [-0.39, 0.29) is 0 Å². The smallest absolute Gasteiger partial charge is 0.189 e. The molecule has 98 valence electrons. The molecule has 1 heterocycles. The number of nitrogens with one attached hydrogen (secondary N) is 1. The van der Waals surface area contributed by atoms with E-state index in [1.807, 2.05) is 26.2 Å². The average Bonchev–Trinajstić information content (AvgIpc) is 2.39. The van der Waals surface area contributed by atoms with Crippen LogP contribution in [0.25, 0.3) is 0 Å². The minimum Gasteiger partial charge on any atom is -0.354 e. The first kappa shape index (κ1) is 14.9. The highest BCUT2D eigenvalue weighted by Crippen LogP contribution is 2.05. The zero-order chi connectivity index (χ0) is 13.4. The Morgan fingerprint density at radius 1 is 1.56 bits per heavy atom. The molecule has 0 atom stereocenters. The van der Waals surface area contributed by atoms with Crippen molar-refractivity contribution in [3.8, 4) is 0 Å². The molecule has 0 saturated carbocycles. The van der Waals surface area contributed by atoms with Gasteiger partial charge in [-0.05, 0) is 31.1 Å². The second-order valence-electron chi connectivity index (χ2n) is 3.90. The number of rotatable bonds is 5. The highest BCUT2D eigenvalue weighted by molar-refractivity contribution is 7.80. The number of aromatic nitrogens is 1. The maximum atomic E-state index is 5.72. The van der Waals surface area contributed by atoms with Crippen LogP contribution in [0, 0.1) is 0 Å². The van der Waals surface area contributed by atoms with Crippen LogP contribution in [-0.2, 0) is 0 Å². The second-order valence-corrected chi connectivity index (χ2v) is 4.67. The summed E-state index contributed by atoms with van der Waals surface area (Å²) >= 11 is 10.8. The van der Waals surface area contributed by atoms with Crippen LogP contribution in [-0.4, -0.2) is 40.7 Å². The van der Waals surface area contributed by atoms with E-state index in [0.717, 1.165) is 24.1 Å². The fourth-order valence-electron chi connectivity index (χ4n) is 1.25. The van der Waals surface area contributed by atoms with Crippen molar-refractivity contribution in [1.29, 1.82) is 0 Å². The number of alkyl halides is 1. The van der Waals surface area contributed by atoms with E-state index >= 15 is 0 Å². The molecule has 0 radical (unpaired) electrons. The number of thiocarbonyl (C=S) groups is 1. The third-order valence-corrected chi connectivity index (χ3v) is 2.96. The van der Waals surface area contributed by atoms with Crippen molar-refractivity contribution >= 4 is 34.6 Å². The molecule has 4 nitrogen and oxygen atoms in total. The fraction of sp³-hybridized carbons (Fsp3) is 0.417. The molecule has 0 aliphatic heterocycles. The normalized spacial score (nSPS) is 11.2. The number of hydrazone groups is 1. The standard InChI is InChI=1S/C12H17ClN4S/c1-17(2)12(18)16-15-11(6-3-7-13)10-5-4-8-14-9-10/h4-5,8-9H,3,6-7H2,1-2H3,(H,16,18)/b15-11+. The largest absolute Gasteiger partial charge is 0.354 e. The quantitative estimate of drug-likeness (QED) is 0.390. The van der Waals surface area contributed by atoms with E-state index < -0.39 is 0 Å². The highest BCUT2D eigenvalue weighted by Gasteiger charge is 2.04. The topological polar surface area (TPSA) is 40.5 Å². The lowest BCUT2D eigenvalue weighted by molar-refractivity contribution is 0.605. The van der Waals surface area contributed by atoms with Crippen LogP contribution in [0.4, 0.5) is 0 Å². The molecular weight excluding hydrogens is 268 g/mol. The molecule has 0 spiro atoms. The summed E-state index contributed by atoms with van der Waals surface area (Å²) in [5.74, 6) is 0.609. The molecule has 18 heavy (non-hydrogen) atoms. The summed E-state index contributed by atoms with van der Waals surface area (Å²) in [5.41, 5.74) is 4.76. The number of hydrogen-bond donors (Lipinski definition) is 1. The van der Waals surface area contributed by atoms with Crippen LogP contribution in [0.2, 0.25) is 0 Å². The van der Waals surface area contributed by atoms with Gasteiger partial charge in [0.05, 0.1) is 5.71 Å². The lowest BCUT2D eigenvalue weighted by Crippen LogP contribution is -2.31. The molecule has 0 saturated heterocycles. The predicted molar refractivity (Wildman–Crippen MR) is 80.1 cm³/mol. The predicted octanol–water partition coefficient (Wildman–Crippen LogP) is 2.24. The van der Waals surface area contributed by atoms with Gasteiger partial charge in [0.15, 0.2) is 5.11 Å². The van der Waals surface area contributed by atoms with Gasteiger partial charge in [0.1, 0.15) is 0 Å². The van der Waals surface area contributed by atoms with Gasteiger partial charge in [-0.15, -0.1) is 11.6 Å². The molecule has 0 unspecified atom stereocenters. The Balaban J connectivity index is 2.78. The number of pyridine rings is 1. The molecule has 0 aliphatic carbocycles. The minimum atomic E-state index is 0.572. The van der Waals surface area contributed by atoms with Crippen molar-refractivity contribution in [2.45, 2.75) is 12.8 Å². The fourth-order valence-corrected chi connectivity index (χ4v) is 1.43. The molecule has 0 aromatic carbocycles. The molecular formula is C12H17ClN4S. The molecule has 0 fully saturated rings. The van der Waals surface area contributed by atoms with Crippen molar-refractivity contribution in [1.82, 2.24) is 15.3 Å². The van der Waals surface area contributed by atoms with Crippen molar-refractivity contribution < 1.29 is 0 Å². The van der Waals surface area contributed by atoms with Gasteiger partial charge < -0.3 is 4.90 Å². The molecule has 6 heteroatoms. The molecule has 0 amide bonds. The van der Waals surface area contributed by atoms with Gasteiger partial charge in [0.2, 0.25) is 0 Å². The van der Waals surface area contributed by atoms with Crippen LogP contribution < -0.4 is 5.43 Å². The first-order valence-corrected chi connectivity index (χ1v) is 6.59. The summed E-state index contributed by atoms with van der Waals surface area (Å²) in [5, 5.41) is 4.91. The number of halogens is 1. The van der Waals surface area contributed by atoms with Gasteiger partial charge in [-0.3, -0.25) is 10.4 Å². The van der Waals surface area contributed by atoms with E-state index in [0.29, 0.717) is 11.0 Å². The van der Waals surface area contributed by atoms with Gasteiger partial charge in [0, 0.05) is 37.9 Å². The zero-order valence-electron chi connectivity index (χ0n) is 10.6. The maximum absolute atomic E-state index is 5.72. The average molecular weight is 285 g/mol. The Bertz CT molecular complexity index is 406. The Morgan fingerprint density at radius 2 is 2.33 bits per heavy atom. The summed E-state index contributed by atoms with van der Waals surface area (Å²) in [6, 6.07) is 3.86. The van der Waals surface area contributed by atoms with Gasteiger partial charge in [0.25, 0.3) is 0 Å². The third kappa shape index (κ3) is 4.98. The lowest BCUT2D eigenvalue weighted by Gasteiger charge is -2.13. The SMILES string of the molecule is CN(C)C(=S)N/N=C(\CCCCl)c1cccnc1. The molecule has 0 bridgehead atoms. The molecule has 1 aromatic heterocycles. The number of nitrogens with zero attached hydrogens (tertiary/aromatic N) is 3. The molecule has 1 rings (SSSR count). The number of hydrogen-bond acceptors (Lipinski definition) is 3. The van der Waals surface area contributed by atoms with Crippen molar-refractivity contribution in [2.75, 3.05) is 20.0 Å². The van der Waals surface area contributed by atoms with Gasteiger partial charge in [-0.1, -0.05) is 6.07 Å². The zero-order valence-corrected chi connectivity index (χ0v) is 12.1. The third-order valence-electron chi connectivity index (χ3n) is 2.23. The monoisotopic (exact) mass is 284 g/mol. The van der Waals surface area contributed by atoms with Gasteiger partial charge in [-0.25, -0.2) is 0 Å². The van der Waals surface area contributed by atoms with E-state index in [9.17, 15) is 0 Å². The van der Waals surface area contributed by atoms with E-state index in [1.165, 1.54) is 0 Å². The van der Waals surface area contributed by atoms with Gasteiger partial charge >= 0.3 is 0 Å². The van der Waals surface area contributed by atoms with Crippen LogP contribution in [0.15, 0.2) is 29.6 Å². The van der Waals surface area contributed by atoms with Crippen LogP contribution in [0.3, 0.4) is 0 Å². The Labute approximate surface area is 118 Å². The highest BCUT2D eigenvalue weighted by atomic mass is 35.5. The Morgan fingerprint density at radius 3 is 2.89 bits per heavy atom. The van der Waals surface area contributed by atoms with E-state index in [4.69, 9.17) is 23.8 Å². The molecule has 1 N–H and O–H groups in total. The summed E-state index contributed by atoms with van der Waals surface area (Å²) in [4.78, 5) is 5.88. The van der Waals surface area contributed by atoms with Crippen LogP contribution in [0.1, 0.15) is 18.4 Å². The summed E-state index contributed by atoms with van der Waals surface area (Å²) in [6.45, 7) is 0. The van der Waals surface area contributed by atoms with Crippen LogP contribution in [0.5, 0.6) is 0 Å². The second kappa shape index (κ2) is 8.00.